The van der Waals surface area contributed by atoms with Gasteiger partial charge in [0.1, 0.15) is 6.04 Å². The first-order valence-electron chi connectivity index (χ1n) is 10.0. The molecule has 30 heavy (non-hydrogen) atoms. The summed E-state index contributed by atoms with van der Waals surface area (Å²) < 4.78 is 5.04. The Balaban J connectivity index is 1.60. The van der Waals surface area contributed by atoms with Crippen molar-refractivity contribution in [1.29, 1.82) is 0 Å². The second-order valence-corrected chi connectivity index (χ2v) is 8.03. The predicted molar refractivity (Wildman–Crippen MR) is 119 cm³/mol. The Kier molecular flexibility index (Phi) is 7.48. The molecule has 1 amide bonds. The quantitative estimate of drug-likeness (QED) is 0.713. The number of esters is 1. The van der Waals surface area contributed by atoms with E-state index in [0.717, 1.165) is 22.4 Å². The number of methoxy groups -OCH3 is 1. The molecule has 3 rings (SSSR count). The molecular formula is C23H28ClN3O3. The second kappa shape index (κ2) is 10.1. The van der Waals surface area contributed by atoms with Crippen molar-refractivity contribution in [2.24, 2.45) is 0 Å². The second-order valence-electron chi connectivity index (χ2n) is 7.63. The molecule has 160 valence electrons. The molecule has 0 saturated carbocycles. The van der Waals surface area contributed by atoms with Crippen LogP contribution in [0.1, 0.15) is 22.7 Å². The molecular weight excluding hydrogens is 402 g/mol. The minimum absolute atomic E-state index is 0.0345. The van der Waals surface area contributed by atoms with Crippen molar-refractivity contribution in [2.45, 2.75) is 19.9 Å². The smallest absolute Gasteiger partial charge is 0.327 e. The molecule has 1 aliphatic heterocycles. The molecule has 2 aromatic carbocycles. The molecule has 0 bridgehead atoms. The average molecular weight is 430 g/mol. The fourth-order valence-corrected chi connectivity index (χ4v) is 3.96. The maximum atomic E-state index is 12.5. The van der Waals surface area contributed by atoms with Crippen molar-refractivity contribution in [3.8, 4) is 0 Å². The number of ether oxygens (including phenoxy) is 1. The topological polar surface area (TPSA) is 61.9 Å². The Bertz CT molecular complexity index is 910. The summed E-state index contributed by atoms with van der Waals surface area (Å²) in [5.41, 5.74) is 3.74. The minimum atomic E-state index is -0.547. The van der Waals surface area contributed by atoms with Crippen LogP contribution in [0.3, 0.4) is 0 Å². The number of amides is 1. The van der Waals surface area contributed by atoms with Crippen molar-refractivity contribution in [1.82, 2.24) is 9.80 Å². The molecule has 7 heteroatoms. The zero-order valence-electron chi connectivity index (χ0n) is 17.7. The number of hydrogen-bond acceptors (Lipinski definition) is 5. The van der Waals surface area contributed by atoms with E-state index in [1.807, 2.05) is 50.2 Å². The first-order valence-corrected chi connectivity index (χ1v) is 10.4. The molecule has 1 aliphatic rings. The number of carbonyl (C=O) groups is 2. The van der Waals surface area contributed by atoms with Crippen LogP contribution in [0.25, 0.3) is 0 Å². The molecule has 2 aromatic rings. The van der Waals surface area contributed by atoms with Crippen LogP contribution in [0.4, 0.5) is 5.69 Å². The van der Waals surface area contributed by atoms with E-state index in [2.05, 4.69) is 15.1 Å². The summed E-state index contributed by atoms with van der Waals surface area (Å²) in [5, 5.41) is 3.55. The van der Waals surface area contributed by atoms with Gasteiger partial charge in [0.25, 0.3) is 0 Å². The zero-order valence-corrected chi connectivity index (χ0v) is 18.4. The maximum Gasteiger partial charge on any atom is 0.327 e. The predicted octanol–water partition coefficient (Wildman–Crippen LogP) is 3.43. The highest BCUT2D eigenvalue weighted by molar-refractivity contribution is 6.31. The van der Waals surface area contributed by atoms with E-state index in [9.17, 15) is 9.59 Å². The molecule has 0 unspecified atom stereocenters. The summed E-state index contributed by atoms with van der Waals surface area (Å²) in [5.74, 6) is -0.364. The van der Waals surface area contributed by atoms with Gasteiger partial charge >= 0.3 is 5.97 Å². The molecule has 1 fully saturated rings. The fraction of sp³-hybridized carbons (Fsp3) is 0.391. The monoisotopic (exact) mass is 429 g/mol. The number of nitrogens with zero attached hydrogens (tertiary/aromatic N) is 2. The van der Waals surface area contributed by atoms with Gasteiger partial charge in [-0.05, 0) is 42.7 Å². The Labute approximate surface area is 182 Å². The lowest BCUT2D eigenvalue weighted by atomic mass is 10.0. The first kappa shape index (κ1) is 22.3. The van der Waals surface area contributed by atoms with Crippen LogP contribution < -0.4 is 5.32 Å². The lowest BCUT2D eigenvalue weighted by Gasteiger charge is -2.38. The van der Waals surface area contributed by atoms with Gasteiger partial charge in [-0.25, -0.2) is 4.79 Å². The van der Waals surface area contributed by atoms with Gasteiger partial charge in [-0.15, -0.1) is 0 Å². The van der Waals surface area contributed by atoms with Crippen molar-refractivity contribution in [3.63, 3.8) is 0 Å². The summed E-state index contributed by atoms with van der Waals surface area (Å²) >= 11 is 6.34. The van der Waals surface area contributed by atoms with Gasteiger partial charge in [0.15, 0.2) is 0 Å². The van der Waals surface area contributed by atoms with E-state index in [0.29, 0.717) is 37.7 Å². The molecule has 6 nitrogen and oxygen atoms in total. The molecule has 1 atom stereocenters. The summed E-state index contributed by atoms with van der Waals surface area (Å²) in [6.07, 6.45) is 0. The number of hydrogen-bond donors (Lipinski definition) is 1. The molecule has 0 spiro atoms. The van der Waals surface area contributed by atoms with Crippen molar-refractivity contribution in [2.75, 3.05) is 45.2 Å². The highest BCUT2D eigenvalue weighted by Crippen LogP contribution is 2.29. The van der Waals surface area contributed by atoms with Crippen LogP contribution in [-0.2, 0) is 14.3 Å². The van der Waals surface area contributed by atoms with Gasteiger partial charge in [-0.1, -0.05) is 41.9 Å². The minimum Gasteiger partial charge on any atom is -0.468 e. The van der Waals surface area contributed by atoms with Crippen LogP contribution in [0.5, 0.6) is 0 Å². The number of benzene rings is 2. The fourth-order valence-electron chi connectivity index (χ4n) is 3.72. The van der Waals surface area contributed by atoms with Crippen LogP contribution in [-0.4, -0.2) is 61.5 Å². The normalized spacial score (nSPS) is 16.1. The van der Waals surface area contributed by atoms with Gasteiger partial charge in [0.05, 0.1) is 13.7 Å². The molecule has 0 aliphatic carbocycles. The number of aryl methyl sites for hydroxylation is 2. The van der Waals surface area contributed by atoms with Crippen LogP contribution >= 0.6 is 11.6 Å². The first-order chi connectivity index (χ1) is 14.4. The number of piperazine rings is 1. The van der Waals surface area contributed by atoms with Gasteiger partial charge in [0, 0.05) is 36.9 Å². The number of nitrogens with one attached hydrogen (secondary N) is 1. The van der Waals surface area contributed by atoms with Crippen molar-refractivity contribution < 1.29 is 14.3 Å². The Morgan fingerprint density at radius 1 is 1.10 bits per heavy atom. The van der Waals surface area contributed by atoms with E-state index < -0.39 is 6.04 Å². The van der Waals surface area contributed by atoms with E-state index in [1.165, 1.54) is 7.11 Å². The van der Waals surface area contributed by atoms with Gasteiger partial charge in [-0.3, -0.25) is 14.6 Å². The van der Waals surface area contributed by atoms with E-state index >= 15 is 0 Å². The molecule has 1 heterocycles. The van der Waals surface area contributed by atoms with E-state index in [1.54, 1.807) is 6.07 Å². The number of halogens is 1. The Hall–Kier alpha value is -2.41. The Morgan fingerprint density at radius 3 is 2.47 bits per heavy atom. The number of anilines is 1. The summed E-state index contributed by atoms with van der Waals surface area (Å²) in [7, 11) is 1.39. The van der Waals surface area contributed by atoms with E-state index in [-0.39, 0.29) is 11.9 Å². The zero-order chi connectivity index (χ0) is 21.7. The lowest BCUT2D eigenvalue weighted by molar-refractivity contribution is -0.148. The lowest BCUT2D eigenvalue weighted by Crippen LogP contribution is -2.51. The highest BCUT2D eigenvalue weighted by Gasteiger charge is 2.32. The third-order valence-corrected chi connectivity index (χ3v) is 5.77. The van der Waals surface area contributed by atoms with Crippen molar-refractivity contribution >= 4 is 29.2 Å². The highest BCUT2D eigenvalue weighted by atomic mass is 35.5. The van der Waals surface area contributed by atoms with Gasteiger partial charge in [-0.2, -0.15) is 0 Å². The molecule has 0 radical (unpaired) electrons. The summed E-state index contributed by atoms with van der Waals surface area (Å²) in [6.45, 7) is 6.94. The van der Waals surface area contributed by atoms with Gasteiger partial charge < -0.3 is 10.1 Å². The van der Waals surface area contributed by atoms with Crippen molar-refractivity contribution in [3.05, 3.63) is 64.2 Å². The average Bonchev–Trinajstić information content (AvgIpc) is 2.73. The van der Waals surface area contributed by atoms with Crippen LogP contribution in [0.15, 0.2) is 42.5 Å². The maximum absolute atomic E-state index is 12.5. The number of carbonyl (C=O) groups excluding carboxylic acids is 2. The molecule has 0 aromatic heterocycles. The largest absolute Gasteiger partial charge is 0.468 e. The SMILES string of the molecule is COC(=O)[C@@H](c1ccccc1Cl)N1CCN(CC(=O)Nc2cc(C)ccc2C)CC1. The standard InChI is InChI=1S/C23H28ClN3O3/c1-16-8-9-17(2)20(14-16)25-21(28)15-26-10-12-27(13-11-26)22(23(29)30-3)18-6-4-5-7-19(18)24/h4-9,14,22H,10-13,15H2,1-3H3,(H,25,28)/t22-/m1/s1. The summed E-state index contributed by atoms with van der Waals surface area (Å²) in [6, 6.07) is 12.8. The summed E-state index contributed by atoms with van der Waals surface area (Å²) in [4.78, 5) is 29.2. The van der Waals surface area contributed by atoms with Crippen LogP contribution in [0.2, 0.25) is 5.02 Å². The Morgan fingerprint density at radius 2 is 1.80 bits per heavy atom. The van der Waals surface area contributed by atoms with Crippen LogP contribution in [0, 0.1) is 13.8 Å². The number of rotatable bonds is 6. The molecule has 1 saturated heterocycles. The van der Waals surface area contributed by atoms with Gasteiger partial charge in [0.2, 0.25) is 5.91 Å². The van der Waals surface area contributed by atoms with E-state index in [4.69, 9.17) is 16.3 Å². The third-order valence-electron chi connectivity index (χ3n) is 5.43. The third kappa shape index (κ3) is 5.39. The molecule has 1 N–H and O–H groups in total.